The quantitative estimate of drug-likeness (QED) is 0.331. The number of aliphatic imine (C=N–C) groups is 1. The summed E-state index contributed by atoms with van der Waals surface area (Å²) in [6.45, 7) is 3.10. The van der Waals surface area contributed by atoms with Crippen molar-refractivity contribution >= 4 is 35.8 Å². The average molecular weight is 524 g/mol. The van der Waals surface area contributed by atoms with Gasteiger partial charge in [0, 0.05) is 20.6 Å². The molecule has 2 aromatic rings. The Balaban J connectivity index is 0.00000320. The van der Waals surface area contributed by atoms with Gasteiger partial charge in [-0.05, 0) is 36.6 Å². The van der Waals surface area contributed by atoms with E-state index in [1.165, 1.54) is 4.90 Å². The largest absolute Gasteiger partial charge is 0.454 e. The summed E-state index contributed by atoms with van der Waals surface area (Å²) < 4.78 is 10.8. The molecule has 0 bridgehead atoms. The van der Waals surface area contributed by atoms with Crippen molar-refractivity contribution in [2.75, 3.05) is 34.0 Å². The zero-order valence-electron chi connectivity index (χ0n) is 17.6. The Labute approximate surface area is 194 Å². The molecule has 0 aromatic heterocycles. The standard InChI is InChI=1S/C22H28N4O3.HI/c1-16(18-7-5-4-6-8-18)25-22(24-14-21(27)26(2)3)23-12-11-17-9-10-19-20(13-17)29-15-28-19;/h4-10,13,16H,11-12,14-15H2,1-3H3,(H2,23,24,25);1H. The van der Waals surface area contributed by atoms with E-state index >= 15 is 0 Å². The van der Waals surface area contributed by atoms with Crippen molar-refractivity contribution in [3.05, 3.63) is 59.7 Å². The van der Waals surface area contributed by atoms with Gasteiger partial charge >= 0.3 is 0 Å². The van der Waals surface area contributed by atoms with Crippen LogP contribution in [0.5, 0.6) is 11.5 Å². The first-order valence-electron chi connectivity index (χ1n) is 9.71. The molecule has 0 fully saturated rings. The van der Waals surface area contributed by atoms with Gasteiger partial charge < -0.3 is 25.0 Å². The van der Waals surface area contributed by atoms with Crippen LogP contribution in [0, 0.1) is 0 Å². The highest BCUT2D eigenvalue weighted by atomic mass is 127. The van der Waals surface area contributed by atoms with Crippen molar-refractivity contribution in [1.82, 2.24) is 15.5 Å². The fourth-order valence-corrected chi connectivity index (χ4v) is 2.89. The van der Waals surface area contributed by atoms with Gasteiger partial charge in [0.05, 0.1) is 6.04 Å². The lowest BCUT2D eigenvalue weighted by Crippen LogP contribution is -2.40. The number of ether oxygens (including phenoxy) is 2. The zero-order chi connectivity index (χ0) is 20.6. The molecular weight excluding hydrogens is 495 g/mol. The van der Waals surface area contributed by atoms with Crippen LogP contribution in [0.3, 0.4) is 0 Å². The van der Waals surface area contributed by atoms with Crippen LogP contribution in [0.1, 0.15) is 24.1 Å². The molecule has 7 nitrogen and oxygen atoms in total. The number of nitrogens with one attached hydrogen (secondary N) is 2. The summed E-state index contributed by atoms with van der Waals surface area (Å²) >= 11 is 0. The van der Waals surface area contributed by atoms with Crippen molar-refractivity contribution < 1.29 is 14.3 Å². The average Bonchev–Trinajstić information content (AvgIpc) is 3.20. The molecule has 8 heteroatoms. The summed E-state index contributed by atoms with van der Waals surface area (Å²) in [7, 11) is 3.45. The van der Waals surface area contributed by atoms with Crippen LogP contribution in [0.25, 0.3) is 0 Å². The van der Waals surface area contributed by atoms with E-state index in [2.05, 4.69) is 34.7 Å². The third-order valence-corrected chi connectivity index (χ3v) is 4.67. The van der Waals surface area contributed by atoms with Gasteiger partial charge in [-0.25, -0.2) is 4.99 Å². The number of hydrogen-bond acceptors (Lipinski definition) is 4. The van der Waals surface area contributed by atoms with E-state index in [0.29, 0.717) is 12.5 Å². The summed E-state index contributed by atoms with van der Waals surface area (Å²) in [5, 5.41) is 6.71. The second kappa shape index (κ2) is 11.6. The lowest BCUT2D eigenvalue weighted by atomic mass is 10.1. The molecule has 30 heavy (non-hydrogen) atoms. The normalized spacial score (nSPS) is 13.2. The lowest BCUT2D eigenvalue weighted by Gasteiger charge is -2.19. The maximum atomic E-state index is 11.9. The SMILES string of the molecule is CC(NC(=NCC(=O)N(C)C)NCCc1ccc2c(c1)OCO2)c1ccccc1.I. The second-order valence-corrected chi connectivity index (χ2v) is 7.09. The molecule has 0 saturated carbocycles. The number of carbonyl (C=O) groups excluding carboxylic acids is 1. The van der Waals surface area contributed by atoms with Crippen molar-refractivity contribution in [2.24, 2.45) is 4.99 Å². The highest BCUT2D eigenvalue weighted by Gasteiger charge is 2.13. The van der Waals surface area contributed by atoms with Crippen LogP contribution < -0.4 is 20.1 Å². The van der Waals surface area contributed by atoms with Crippen LogP contribution in [-0.2, 0) is 11.2 Å². The maximum Gasteiger partial charge on any atom is 0.243 e. The summed E-state index contributed by atoms with van der Waals surface area (Å²) in [5.41, 5.74) is 2.29. The van der Waals surface area contributed by atoms with Gasteiger partial charge in [0.25, 0.3) is 0 Å². The van der Waals surface area contributed by atoms with Gasteiger partial charge in [-0.3, -0.25) is 4.79 Å². The van der Waals surface area contributed by atoms with Crippen LogP contribution in [0.2, 0.25) is 0 Å². The second-order valence-electron chi connectivity index (χ2n) is 7.09. The van der Waals surface area contributed by atoms with Gasteiger partial charge in [-0.2, -0.15) is 0 Å². The number of fused-ring (bicyclic) bond motifs is 1. The zero-order valence-corrected chi connectivity index (χ0v) is 19.9. The topological polar surface area (TPSA) is 75.2 Å². The molecule has 1 amide bonds. The minimum atomic E-state index is -0.0470. The Kier molecular flexibility index (Phi) is 9.22. The first-order chi connectivity index (χ1) is 14.0. The van der Waals surface area contributed by atoms with Crippen LogP contribution >= 0.6 is 24.0 Å². The number of guanidine groups is 1. The van der Waals surface area contributed by atoms with Gasteiger partial charge in [-0.15, -0.1) is 24.0 Å². The molecule has 2 aromatic carbocycles. The Morgan fingerprint density at radius 1 is 1.13 bits per heavy atom. The number of carbonyl (C=O) groups is 1. The lowest BCUT2D eigenvalue weighted by molar-refractivity contribution is -0.127. The number of rotatable bonds is 7. The summed E-state index contributed by atoms with van der Waals surface area (Å²) in [6.07, 6.45) is 0.790. The third-order valence-electron chi connectivity index (χ3n) is 4.67. The van der Waals surface area contributed by atoms with Crippen molar-refractivity contribution in [2.45, 2.75) is 19.4 Å². The molecule has 1 atom stereocenters. The third kappa shape index (κ3) is 6.79. The van der Waals surface area contributed by atoms with Gasteiger partial charge in [0.15, 0.2) is 17.5 Å². The van der Waals surface area contributed by atoms with E-state index in [9.17, 15) is 4.79 Å². The highest BCUT2D eigenvalue weighted by molar-refractivity contribution is 14.0. The van der Waals surface area contributed by atoms with E-state index in [4.69, 9.17) is 9.47 Å². The van der Waals surface area contributed by atoms with Crippen molar-refractivity contribution in [3.63, 3.8) is 0 Å². The number of halogens is 1. The summed E-state index contributed by atoms with van der Waals surface area (Å²) in [5.74, 6) is 2.12. The molecule has 2 N–H and O–H groups in total. The van der Waals surface area contributed by atoms with Crippen LogP contribution in [0.15, 0.2) is 53.5 Å². The van der Waals surface area contributed by atoms with Gasteiger partial charge in [-0.1, -0.05) is 36.4 Å². The highest BCUT2D eigenvalue weighted by Crippen LogP contribution is 2.32. The summed E-state index contributed by atoms with van der Waals surface area (Å²) in [4.78, 5) is 17.9. The first-order valence-corrected chi connectivity index (χ1v) is 9.71. The van der Waals surface area contributed by atoms with Crippen LogP contribution in [0.4, 0.5) is 0 Å². The van der Waals surface area contributed by atoms with Gasteiger partial charge in [0.2, 0.25) is 12.7 Å². The predicted molar refractivity (Wildman–Crippen MR) is 129 cm³/mol. The minimum Gasteiger partial charge on any atom is -0.454 e. The molecule has 0 saturated heterocycles. The fourth-order valence-electron chi connectivity index (χ4n) is 2.89. The molecule has 0 spiro atoms. The Morgan fingerprint density at radius 2 is 1.87 bits per heavy atom. The molecule has 1 unspecified atom stereocenters. The van der Waals surface area contributed by atoms with E-state index in [1.807, 2.05) is 36.4 Å². The van der Waals surface area contributed by atoms with E-state index in [-0.39, 0.29) is 49.3 Å². The Bertz CT molecular complexity index is 859. The smallest absolute Gasteiger partial charge is 0.243 e. The molecule has 3 rings (SSSR count). The maximum absolute atomic E-state index is 11.9. The van der Waals surface area contributed by atoms with Crippen molar-refractivity contribution in [3.8, 4) is 11.5 Å². The van der Waals surface area contributed by atoms with Crippen LogP contribution in [-0.4, -0.2) is 50.7 Å². The molecule has 0 radical (unpaired) electrons. The predicted octanol–water partition coefficient (Wildman–Crippen LogP) is 2.96. The number of amides is 1. The first kappa shape index (κ1) is 23.8. The number of hydrogen-bond donors (Lipinski definition) is 2. The Hall–Kier alpha value is -2.49. The Morgan fingerprint density at radius 3 is 2.60 bits per heavy atom. The van der Waals surface area contributed by atoms with E-state index in [0.717, 1.165) is 29.0 Å². The monoisotopic (exact) mass is 524 g/mol. The molecular formula is C22H29IN4O3. The molecule has 162 valence electrons. The molecule has 1 heterocycles. The minimum absolute atomic E-state index is 0. The van der Waals surface area contributed by atoms with E-state index in [1.54, 1.807) is 14.1 Å². The molecule has 1 aliphatic heterocycles. The number of nitrogens with zero attached hydrogens (tertiary/aromatic N) is 2. The van der Waals surface area contributed by atoms with Crippen molar-refractivity contribution in [1.29, 1.82) is 0 Å². The van der Waals surface area contributed by atoms with E-state index < -0.39 is 0 Å². The number of benzene rings is 2. The summed E-state index contributed by atoms with van der Waals surface area (Å²) in [6, 6.07) is 16.1. The fraction of sp³-hybridized carbons (Fsp3) is 0.364. The number of likely N-dealkylation sites (N-methyl/N-ethyl adjacent to an activating group) is 1. The molecule has 1 aliphatic rings. The molecule has 0 aliphatic carbocycles. The van der Waals surface area contributed by atoms with Gasteiger partial charge in [0.1, 0.15) is 6.54 Å².